The maximum atomic E-state index is 13.2. The summed E-state index contributed by atoms with van der Waals surface area (Å²) in [7, 11) is -5.30. The van der Waals surface area contributed by atoms with Gasteiger partial charge in [0.2, 0.25) is 10.0 Å². The summed E-state index contributed by atoms with van der Waals surface area (Å²) in [6.45, 7) is 13.8. The first kappa shape index (κ1) is 50.4. The lowest BCUT2D eigenvalue weighted by Gasteiger charge is -2.46. The van der Waals surface area contributed by atoms with E-state index < -0.39 is 63.7 Å². The van der Waals surface area contributed by atoms with Crippen LogP contribution in [0.1, 0.15) is 118 Å². The second-order valence-electron chi connectivity index (χ2n) is 18.1. The maximum Gasteiger partial charge on any atom is 0.301 e. The van der Waals surface area contributed by atoms with Crippen molar-refractivity contribution in [3.05, 3.63) is 32.4 Å². The summed E-state index contributed by atoms with van der Waals surface area (Å²) >= 11 is 0. The van der Waals surface area contributed by atoms with Crippen LogP contribution in [0.4, 0.5) is 17.1 Å². The molecule has 1 heterocycles. The first-order chi connectivity index (χ1) is 28.6. The lowest BCUT2D eigenvalue weighted by atomic mass is 9.60. The van der Waals surface area contributed by atoms with E-state index in [-0.39, 0.29) is 29.9 Å². The van der Waals surface area contributed by atoms with Gasteiger partial charge in [-0.05, 0) is 114 Å². The number of nitrogens with zero attached hydrogens (tertiary/aromatic N) is 3. The van der Waals surface area contributed by atoms with E-state index in [1.807, 2.05) is 13.8 Å². The highest BCUT2D eigenvalue weighted by molar-refractivity contribution is 7.89. The minimum absolute atomic E-state index is 0.0676. The average Bonchev–Trinajstić information content (AvgIpc) is 3.24. The van der Waals surface area contributed by atoms with Gasteiger partial charge >= 0.3 is 11.4 Å². The molecular formula is C42H75N5O11SSi. The monoisotopic (exact) mass is 885 g/mol. The van der Waals surface area contributed by atoms with Gasteiger partial charge in [0.25, 0.3) is 0 Å². The van der Waals surface area contributed by atoms with Gasteiger partial charge in [-0.15, -0.1) is 0 Å². The topological polar surface area (TPSA) is 216 Å². The lowest BCUT2D eigenvalue weighted by Crippen LogP contribution is -2.40. The van der Waals surface area contributed by atoms with Crippen LogP contribution in [-0.2, 0) is 24.2 Å². The van der Waals surface area contributed by atoms with Crippen LogP contribution in [0, 0.1) is 37.5 Å². The third-order valence-corrected chi connectivity index (χ3v) is 17.8. The van der Waals surface area contributed by atoms with Gasteiger partial charge in [0, 0.05) is 50.6 Å². The van der Waals surface area contributed by atoms with E-state index in [1.165, 1.54) is 25.3 Å². The second-order valence-corrected chi connectivity index (χ2v) is 23.2. The molecule has 4 unspecified atom stereocenters. The number of anilines is 1. The molecule has 0 bridgehead atoms. The Balaban J connectivity index is 1.14. The second kappa shape index (κ2) is 24.5. The zero-order valence-electron chi connectivity index (χ0n) is 36.9. The quantitative estimate of drug-likeness (QED) is 0.0351. The summed E-state index contributed by atoms with van der Waals surface area (Å²) < 4.78 is 46.9. The predicted octanol–water partition coefficient (Wildman–Crippen LogP) is 6.25. The van der Waals surface area contributed by atoms with Gasteiger partial charge in [0.15, 0.2) is 5.69 Å². The summed E-state index contributed by atoms with van der Waals surface area (Å²) in [4.78, 5) is 23.4. The Morgan fingerprint density at radius 1 is 0.867 bits per heavy atom. The number of nitro groups is 2. The van der Waals surface area contributed by atoms with Crippen molar-refractivity contribution in [3.8, 4) is 0 Å². The number of nitrogens with one attached hydrogen (secondary N) is 2. The molecule has 3 fully saturated rings. The highest BCUT2D eigenvalue weighted by Gasteiger charge is 2.41. The molecule has 0 amide bonds. The van der Waals surface area contributed by atoms with Gasteiger partial charge in [0.1, 0.15) is 0 Å². The van der Waals surface area contributed by atoms with Gasteiger partial charge < -0.3 is 34.6 Å². The van der Waals surface area contributed by atoms with E-state index in [4.69, 9.17) is 14.2 Å². The van der Waals surface area contributed by atoms with Crippen molar-refractivity contribution < 1.29 is 42.7 Å². The number of benzene rings is 1. The van der Waals surface area contributed by atoms with Gasteiger partial charge in [-0.1, -0.05) is 40.3 Å². The van der Waals surface area contributed by atoms with Crippen LogP contribution in [0.3, 0.4) is 0 Å². The van der Waals surface area contributed by atoms with Crippen molar-refractivity contribution in [1.29, 1.82) is 0 Å². The Labute approximate surface area is 359 Å². The van der Waals surface area contributed by atoms with Crippen LogP contribution in [0.5, 0.6) is 0 Å². The fraction of sp³-hybridized carbons (Fsp3) is 0.857. The lowest BCUT2D eigenvalue weighted by molar-refractivity contribution is -0.393. The van der Waals surface area contributed by atoms with Crippen LogP contribution in [0.2, 0.25) is 12.6 Å². The molecule has 3 aliphatic rings. The molecule has 60 heavy (non-hydrogen) atoms. The molecule has 4 N–H and O–H groups in total. The number of ether oxygens (including phenoxy) is 3. The van der Waals surface area contributed by atoms with Gasteiger partial charge in [-0.3, -0.25) is 20.2 Å². The normalized spacial score (nSPS) is 24.4. The highest BCUT2D eigenvalue weighted by Crippen LogP contribution is 2.49. The Hall–Kier alpha value is -2.29. The SMILES string of the molecule is CCCN(CCC)c1c([N+](=O)[O-])cc(S(=O)(=O)NCC(O)COC2CCC(C(C)(C)C3CCC(OCC(O)CNCCC[SiH](C)C4CCCCO4)CC3)CC2)cc1[N+](=O)[O-]. The van der Waals surface area contributed by atoms with Crippen LogP contribution >= 0.6 is 0 Å². The van der Waals surface area contributed by atoms with Crippen molar-refractivity contribution in [3.63, 3.8) is 0 Å². The fourth-order valence-electron chi connectivity index (χ4n) is 9.61. The fourth-order valence-corrected chi connectivity index (χ4v) is 13.2. The molecule has 0 aromatic heterocycles. The summed E-state index contributed by atoms with van der Waals surface area (Å²) in [6.07, 6.45) is 12.3. The molecule has 1 aliphatic heterocycles. The first-order valence-corrected chi connectivity index (χ1v) is 26.8. The van der Waals surface area contributed by atoms with E-state index in [0.29, 0.717) is 56.6 Å². The molecule has 2 saturated carbocycles. The molecule has 1 aromatic rings. The van der Waals surface area contributed by atoms with Crippen molar-refractivity contribution in [2.75, 3.05) is 57.4 Å². The number of hydrogen-bond acceptors (Lipinski definition) is 13. The van der Waals surface area contributed by atoms with Gasteiger partial charge in [-0.25, -0.2) is 13.1 Å². The van der Waals surface area contributed by atoms with E-state index in [9.17, 15) is 38.9 Å². The Bertz CT molecular complexity index is 1540. The molecule has 18 heteroatoms. The number of rotatable bonds is 26. The number of aliphatic hydroxyl groups excluding tert-OH is 2. The van der Waals surface area contributed by atoms with Crippen LogP contribution in [-0.4, -0.2) is 120 Å². The zero-order chi connectivity index (χ0) is 43.9. The van der Waals surface area contributed by atoms with E-state index >= 15 is 0 Å². The number of sulfonamides is 1. The van der Waals surface area contributed by atoms with Gasteiger partial charge in [0.05, 0.1) is 61.2 Å². The van der Waals surface area contributed by atoms with Crippen molar-refractivity contribution in [2.24, 2.45) is 17.3 Å². The molecule has 4 rings (SSSR count). The van der Waals surface area contributed by atoms with Crippen molar-refractivity contribution in [1.82, 2.24) is 10.0 Å². The molecular weight excluding hydrogens is 811 g/mol. The largest absolute Gasteiger partial charge is 0.389 e. The molecule has 4 atom stereocenters. The molecule has 16 nitrogen and oxygen atoms in total. The molecule has 0 radical (unpaired) electrons. The Kier molecular flexibility index (Phi) is 20.6. The maximum absolute atomic E-state index is 13.2. The summed E-state index contributed by atoms with van der Waals surface area (Å²) in [6, 6.07) is 2.95. The molecule has 2 aliphatic carbocycles. The van der Waals surface area contributed by atoms with E-state index in [0.717, 1.165) is 83.1 Å². The third-order valence-electron chi connectivity index (χ3n) is 13.3. The zero-order valence-corrected chi connectivity index (χ0v) is 38.8. The minimum atomic E-state index is -4.45. The number of aliphatic hydroxyl groups is 2. The minimum Gasteiger partial charge on any atom is -0.389 e. The highest BCUT2D eigenvalue weighted by atomic mass is 32.2. The van der Waals surface area contributed by atoms with Crippen LogP contribution in [0.25, 0.3) is 0 Å². The molecule has 0 spiro atoms. The molecule has 344 valence electrons. The molecule has 1 aromatic carbocycles. The Morgan fingerprint density at radius 3 is 1.85 bits per heavy atom. The number of nitro benzene ring substituents is 2. The smallest absolute Gasteiger partial charge is 0.301 e. The summed E-state index contributed by atoms with van der Waals surface area (Å²) in [5.74, 6) is 1.11. The molecule has 1 saturated heterocycles. The third kappa shape index (κ3) is 14.9. The summed E-state index contributed by atoms with van der Waals surface area (Å²) in [5, 5.41) is 48.7. The van der Waals surface area contributed by atoms with E-state index in [2.05, 4.69) is 30.4 Å². The van der Waals surface area contributed by atoms with E-state index in [1.54, 1.807) is 4.90 Å². The van der Waals surface area contributed by atoms with Gasteiger partial charge in [-0.2, -0.15) is 0 Å². The Morgan fingerprint density at radius 2 is 1.38 bits per heavy atom. The van der Waals surface area contributed by atoms with Crippen molar-refractivity contribution >= 4 is 35.9 Å². The first-order valence-electron chi connectivity index (χ1n) is 22.7. The van der Waals surface area contributed by atoms with Crippen LogP contribution in [0.15, 0.2) is 17.0 Å². The average molecular weight is 886 g/mol. The van der Waals surface area contributed by atoms with Crippen LogP contribution < -0.4 is 14.9 Å². The summed E-state index contributed by atoms with van der Waals surface area (Å²) in [5.41, 5.74) is -0.861. The number of hydrogen-bond donors (Lipinski definition) is 4. The van der Waals surface area contributed by atoms with Crippen molar-refractivity contribution in [2.45, 2.75) is 165 Å². The predicted molar refractivity (Wildman–Crippen MR) is 236 cm³/mol. The standard InChI is InChI=1S/C42H75N5O11SSi/c1-6-21-45(22-7-2)41-38(46(50)51)25-37(26-39(41)47(52)53)59(54,55)44-28-34(49)30-58-36-18-14-32(15-19-36)42(3,4)31-12-16-35(17-13-31)57-29-33(48)27-43-20-10-24-60(5)40-11-8-9-23-56-40/h25-26,31-36,40,43-44,48-49,60H,6-24,27-30H2,1-5H3.